The molecule has 6 rings (SSSR count). The Bertz CT molecular complexity index is 2260. The van der Waals surface area contributed by atoms with Crippen molar-refractivity contribution in [2.75, 3.05) is 21.2 Å². The number of aryl methyl sites for hydroxylation is 2. The lowest BCUT2D eigenvalue weighted by molar-refractivity contribution is 0.207. The number of aromatic nitrogens is 3. The number of carbonyl (C=O) groups is 2. The molecule has 260 valence electrons. The number of fused-ring (bicyclic) bond motifs is 2. The van der Waals surface area contributed by atoms with Gasteiger partial charge in [0.15, 0.2) is 5.82 Å². The summed E-state index contributed by atoms with van der Waals surface area (Å²) in [5.74, 6) is 0.610. The van der Waals surface area contributed by atoms with Crippen LogP contribution in [-0.2, 0) is 0 Å². The summed E-state index contributed by atoms with van der Waals surface area (Å²) in [6, 6.07) is 23.1. The SMILES string of the molecule is Cc1cc(N(NC(=O)Nc2cc(Cl)nc(Cl)c2)N(Nc2cc(C(C)C)c3ccccc3n2)C(=O)Nc2cc(Cl)cc(Cl)c2)nc2c(C)cccc12. The highest BCUT2D eigenvalue weighted by atomic mass is 35.5. The molecule has 3 aromatic heterocycles. The highest BCUT2D eigenvalue weighted by molar-refractivity contribution is 6.35. The fourth-order valence-corrected chi connectivity index (χ4v) is 6.48. The summed E-state index contributed by atoms with van der Waals surface area (Å²) >= 11 is 24.7. The topological polar surface area (TPSA) is 127 Å². The molecule has 0 bridgehead atoms. The number of nitrogens with one attached hydrogen (secondary N) is 4. The molecule has 0 fully saturated rings. The fraction of sp³-hybridized carbons (Fsp3) is 0.139. The monoisotopic (exact) mass is 761 g/mol. The van der Waals surface area contributed by atoms with Crippen LogP contribution in [0.25, 0.3) is 21.8 Å². The summed E-state index contributed by atoms with van der Waals surface area (Å²) in [4.78, 5) is 41.8. The summed E-state index contributed by atoms with van der Waals surface area (Å²) in [7, 11) is 0. The minimum absolute atomic E-state index is 0.0724. The van der Waals surface area contributed by atoms with Crippen LogP contribution < -0.4 is 26.6 Å². The van der Waals surface area contributed by atoms with Crippen LogP contribution in [-0.4, -0.2) is 32.1 Å². The molecular weight excluding hydrogens is 732 g/mol. The summed E-state index contributed by atoms with van der Waals surface area (Å²) in [6.07, 6.45) is 0. The van der Waals surface area contributed by atoms with Gasteiger partial charge in [0.05, 0.1) is 11.0 Å². The lowest BCUT2D eigenvalue weighted by atomic mass is 9.99. The average Bonchev–Trinajstić information content (AvgIpc) is 3.05. The van der Waals surface area contributed by atoms with Crippen molar-refractivity contribution in [3.05, 3.63) is 122 Å². The first-order chi connectivity index (χ1) is 24.3. The van der Waals surface area contributed by atoms with Crippen LogP contribution in [0, 0.1) is 13.8 Å². The number of carbonyl (C=O) groups excluding carboxylic acids is 2. The van der Waals surface area contributed by atoms with E-state index in [1.165, 1.54) is 29.4 Å². The second-order valence-corrected chi connectivity index (χ2v) is 13.6. The predicted molar refractivity (Wildman–Crippen MR) is 207 cm³/mol. The molecule has 3 heterocycles. The van der Waals surface area contributed by atoms with E-state index in [1.54, 1.807) is 12.1 Å². The molecule has 4 amide bonds. The van der Waals surface area contributed by atoms with Gasteiger partial charge in [0.1, 0.15) is 16.1 Å². The Labute approximate surface area is 313 Å². The van der Waals surface area contributed by atoms with E-state index in [0.717, 1.165) is 32.6 Å². The van der Waals surface area contributed by atoms with Gasteiger partial charge in [0.25, 0.3) is 0 Å². The van der Waals surface area contributed by atoms with Gasteiger partial charge < -0.3 is 10.6 Å². The number of nitrogens with zero attached hydrogens (tertiary/aromatic N) is 5. The molecule has 0 unspecified atom stereocenters. The first-order valence-corrected chi connectivity index (χ1v) is 17.2. The van der Waals surface area contributed by atoms with Crippen molar-refractivity contribution in [1.29, 1.82) is 0 Å². The van der Waals surface area contributed by atoms with Crippen molar-refractivity contribution in [1.82, 2.24) is 25.5 Å². The number of para-hydroxylation sites is 2. The van der Waals surface area contributed by atoms with Crippen molar-refractivity contribution >= 4 is 103 Å². The number of benzene rings is 3. The number of rotatable bonds is 8. The van der Waals surface area contributed by atoms with Gasteiger partial charge in [0, 0.05) is 32.2 Å². The summed E-state index contributed by atoms with van der Waals surface area (Å²) in [5.41, 5.74) is 10.5. The molecule has 0 spiro atoms. The van der Waals surface area contributed by atoms with Gasteiger partial charge in [-0.05, 0) is 85.0 Å². The fourth-order valence-electron chi connectivity index (χ4n) is 5.49. The zero-order valence-electron chi connectivity index (χ0n) is 27.7. The first kappa shape index (κ1) is 35.7. The van der Waals surface area contributed by atoms with Crippen molar-refractivity contribution in [3.63, 3.8) is 0 Å². The van der Waals surface area contributed by atoms with Crippen molar-refractivity contribution < 1.29 is 9.59 Å². The predicted octanol–water partition coefficient (Wildman–Crippen LogP) is 10.6. The molecule has 0 atom stereocenters. The standard InChI is InChI=1S/C36H31Cl4N9O2/c1-19(2)28-18-32(43-29-11-6-5-9-27(28)29)46-49(36(51)42-24-14-22(37)13-23(38)15-24)48(47-35(50)41-25-16-30(39)44-31(40)17-25)33-12-21(4)26-10-7-8-20(3)34(26)45-33/h5-19H,1-4H3,(H,42,51)(H,43,46)(H2,41,44,47,50). The quantitative estimate of drug-likeness (QED) is 0.0898. The third kappa shape index (κ3) is 8.29. The molecule has 51 heavy (non-hydrogen) atoms. The molecule has 11 nitrogen and oxygen atoms in total. The van der Waals surface area contributed by atoms with E-state index in [2.05, 4.69) is 40.3 Å². The lowest BCUT2D eigenvalue weighted by Crippen LogP contribution is -2.60. The van der Waals surface area contributed by atoms with Crippen molar-refractivity contribution in [3.8, 4) is 0 Å². The highest BCUT2D eigenvalue weighted by Gasteiger charge is 2.28. The minimum atomic E-state index is -0.766. The molecule has 6 aromatic rings. The largest absolute Gasteiger partial charge is 0.362 e. The van der Waals surface area contributed by atoms with E-state index in [4.69, 9.17) is 56.4 Å². The second-order valence-electron chi connectivity index (χ2n) is 11.9. The Morgan fingerprint density at radius 3 is 2.08 bits per heavy atom. The number of hydrogen-bond donors (Lipinski definition) is 4. The van der Waals surface area contributed by atoms with E-state index in [-0.39, 0.29) is 27.7 Å². The zero-order chi connectivity index (χ0) is 36.4. The van der Waals surface area contributed by atoms with Crippen LogP contribution in [0.3, 0.4) is 0 Å². The molecule has 4 N–H and O–H groups in total. The maximum Gasteiger partial charge on any atom is 0.362 e. The summed E-state index contributed by atoms with van der Waals surface area (Å²) in [6.45, 7) is 7.98. The number of amides is 4. The Morgan fingerprint density at radius 1 is 0.706 bits per heavy atom. The van der Waals surface area contributed by atoms with Gasteiger partial charge in [-0.1, -0.05) is 96.6 Å². The molecule has 0 aliphatic carbocycles. The van der Waals surface area contributed by atoms with Crippen molar-refractivity contribution in [2.45, 2.75) is 33.6 Å². The number of urea groups is 2. The number of hydrazine groups is 3. The Hall–Kier alpha value is -5.07. The van der Waals surface area contributed by atoms with Gasteiger partial charge >= 0.3 is 12.1 Å². The van der Waals surface area contributed by atoms with Gasteiger partial charge in [0.2, 0.25) is 0 Å². The molecule has 15 heteroatoms. The van der Waals surface area contributed by atoms with Crippen LogP contribution in [0.2, 0.25) is 20.4 Å². The van der Waals surface area contributed by atoms with Crippen LogP contribution in [0.15, 0.2) is 84.9 Å². The molecule has 0 radical (unpaired) electrons. The zero-order valence-corrected chi connectivity index (χ0v) is 30.7. The van der Waals surface area contributed by atoms with E-state index < -0.39 is 12.1 Å². The number of halogens is 4. The number of pyridine rings is 3. The molecule has 0 saturated heterocycles. The number of anilines is 4. The Balaban J connectivity index is 1.50. The molecule has 0 saturated carbocycles. The van der Waals surface area contributed by atoms with Crippen LogP contribution in [0.4, 0.5) is 32.6 Å². The van der Waals surface area contributed by atoms with Gasteiger partial charge in [-0.3, -0.25) is 5.43 Å². The summed E-state index contributed by atoms with van der Waals surface area (Å²) in [5, 5.41) is 10.4. The van der Waals surface area contributed by atoms with E-state index in [0.29, 0.717) is 32.6 Å². The smallest absolute Gasteiger partial charge is 0.306 e. The molecule has 0 aliphatic heterocycles. The van der Waals surface area contributed by atoms with Gasteiger partial charge in [-0.2, -0.15) is 0 Å². The van der Waals surface area contributed by atoms with E-state index in [1.807, 2.05) is 62.4 Å². The van der Waals surface area contributed by atoms with E-state index >= 15 is 0 Å². The van der Waals surface area contributed by atoms with Crippen LogP contribution >= 0.6 is 46.4 Å². The van der Waals surface area contributed by atoms with Gasteiger partial charge in [-0.15, -0.1) is 10.2 Å². The maximum atomic E-state index is 14.4. The third-order valence-electron chi connectivity index (χ3n) is 7.78. The molecular formula is C36H31Cl4N9O2. The van der Waals surface area contributed by atoms with Gasteiger partial charge in [-0.25, -0.2) is 30.0 Å². The Kier molecular flexibility index (Phi) is 10.5. The third-order valence-corrected chi connectivity index (χ3v) is 8.60. The number of hydrogen-bond acceptors (Lipinski definition) is 7. The van der Waals surface area contributed by atoms with Crippen LogP contribution in [0.1, 0.15) is 36.5 Å². The Morgan fingerprint density at radius 2 is 1.37 bits per heavy atom. The lowest BCUT2D eigenvalue weighted by Gasteiger charge is -2.35. The minimum Gasteiger partial charge on any atom is -0.306 e. The normalized spacial score (nSPS) is 11.1. The highest BCUT2D eigenvalue weighted by Crippen LogP contribution is 2.30. The second kappa shape index (κ2) is 15.0. The maximum absolute atomic E-state index is 14.4. The van der Waals surface area contributed by atoms with Crippen LogP contribution in [0.5, 0.6) is 0 Å². The first-order valence-electron chi connectivity index (χ1n) is 15.7. The van der Waals surface area contributed by atoms with Crippen molar-refractivity contribution in [2.24, 2.45) is 0 Å². The van der Waals surface area contributed by atoms with E-state index in [9.17, 15) is 9.59 Å². The molecule has 0 aliphatic rings. The summed E-state index contributed by atoms with van der Waals surface area (Å²) < 4.78 is 0. The molecule has 3 aromatic carbocycles. The average molecular weight is 764 g/mol.